The summed E-state index contributed by atoms with van der Waals surface area (Å²) in [5.41, 5.74) is 15.7. The minimum atomic E-state index is -0.484. The summed E-state index contributed by atoms with van der Waals surface area (Å²) in [5, 5.41) is 2.37. The van der Waals surface area contributed by atoms with Gasteiger partial charge in [0.15, 0.2) is 23.0 Å². The molecule has 0 amide bonds. The molecule has 0 radical (unpaired) electrons. The summed E-state index contributed by atoms with van der Waals surface area (Å²) in [6.45, 7) is 0. The van der Waals surface area contributed by atoms with Crippen molar-refractivity contribution in [2.45, 2.75) is 5.41 Å². The van der Waals surface area contributed by atoms with Crippen molar-refractivity contribution in [2.24, 2.45) is 0 Å². The Balaban J connectivity index is 1.02. The van der Waals surface area contributed by atoms with Gasteiger partial charge in [0.25, 0.3) is 0 Å². The zero-order chi connectivity index (χ0) is 38.7. The first-order chi connectivity index (χ1) is 29.3. The van der Waals surface area contributed by atoms with Gasteiger partial charge in [0, 0.05) is 33.4 Å². The highest BCUT2D eigenvalue weighted by Gasteiger charge is 2.53. The van der Waals surface area contributed by atoms with E-state index in [4.69, 9.17) is 9.47 Å². The second kappa shape index (κ2) is 12.1. The molecule has 0 atom stereocenters. The van der Waals surface area contributed by atoms with Gasteiger partial charge in [-0.3, -0.25) is 0 Å². The Labute approximate surface area is 341 Å². The van der Waals surface area contributed by atoms with E-state index < -0.39 is 5.41 Å². The average Bonchev–Trinajstić information content (AvgIpc) is 3.91. The van der Waals surface area contributed by atoms with E-state index in [1.165, 1.54) is 49.7 Å². The molecule has 2 aliphatic carbocycles. The fourth-order valence-electron chi connectivity index (χ4n) is 10.4. The molecule has 0 saturated carbocycles. The molecule has 0 saturated heterocycles. The van der Waals surface area contributed by atoms with Crippen LogP contribution in [0.5, 0.6) is 23.0 Å². The largest absolute Gasteiger partial charge is 0.449 e. The van der Waals surface area contributed by atoms with E-state index in [0.29, 0.717) is 17.2 Å². The van der Waals surface area contributed by atoms with Gasteiger partial charge >= 0.3 is 0 Å². The number of rotatable bonds is 4. The summed E-state index contributed by atoms with van der Waals surface area (Å²) in [4.78, 5) is 2.29. The fourth-order valence-corrected chi connectivity index (χ4v) is 10.4. The summed E-state index contributed by atoms with van der Waals surface area (Å²) in [7, 11) is 0. The molecule has 0 N–H and O–H groups in total. The topological polar surface area (TPSA) is 26.6 Å². The lowest BCUT2D eigenvalue weighted by atomic mass is 9.70. The Bertz CT molecular complexity index is 3300. The van der Waals surface area contributed by atoms with Crippen LogP contribution in [0.1, 0.15) is 22.3 Å². The number of hydrogen-bond donors (Lipinski definition) is 0. The molecule has 59 heavy (non-hydrogen) atoms. The smallest absolute Gasteiger partial charge is 0.194 e. The van der Waals surface area contributed by atoms with Gasteiger partial charge < -0.3 is 18.9 Å². The number of aromatic nitrogens is 1. The quantitative estimate of drug-likeness (QED) is 0.179. The molecule has 1 spiro atoms. The predicted molar refractivity (Wildman–Crippen MR) is 238 cm³/mol. The summed E-state index contributed by atoms with van der Waals surface area (Å²) < 4.78 is 16.6. The lowest BCUT2D eigenvalue weighted by Crippen LogP contribution is -2.25. The van der Waals surface area contributed by atoms with Crippen molar-refractivity contribution in [1.29, 1.82) is 0 Å². The standard InChI is InChI=1S/C55H34N2O2/c1-3-16-35(17-4-1)56(37-30-32-48-42(34-37)40-22-10-14-27-47(40)57(48)36-18-5-2-6-19-36)49-28-15-29-50-53(49)59-54-51(58-50)33-31-46-52(54)41-23-9-13-26-45(41)55(46)43-24-11-7-20-38(43)39-21-8-12-25-44(39)55/h1-34H. The predicted octanol–water partition coefficient (Wildman–Crippen LogP) is 14.5. The molecular formula is C55H34N2O2. The van der Waals surface area contributed by atoms with Crippen LogP contribution >= 0.6 is 0 Å². The second-order valence-corrected chi connectivity index (χ2v) is 15.6. The number of ether oxygens (including phenoxy) is 2. The normalized spacial score (nSPS) is 13.5. The van der Waals surface area contributed by atoms with Gasteiger partial charge in [-0.1, -0.05) is 140 Å². The molecule has 1 aliphatic heterocycles. The third kappa shape index (κ3) is 4.32. The Morgan fingerprint density at radius 2 is 1.00 bits per heavy atom. The zero-order valence-corrected chi connectivity index (χ0v) is 31.8. The van der Waals surface area contributed by atoms with E-state index in [1.54, 1.807) is 0 Å². The van der Waals surface area contributed by atoms with Crippen LogP contribution in [0.25, 0.3) is 49.7 Å². The highest BCUT2D eigenvalue weighted by Crippen LogP contribution is 2.67. The van der Waals surface area contributed by atoms with E-state index in [0.717, 1.165) is 45.1 Å². The van der Waals surface area contributed by atoms with Gasteiger partial charge in [0.2, 0.25) is 0 Å². The van der Waals surface area contributed by atoms with E-state index in [9.17, 15) is 0 Å². The van der Waals surface area contributed by atoms with E-state index >= 15 is 0 Å². The highest BCUT2D eigenvalue weighted by molar-refractivity contribution is 6.11. The molecule has 0 bridgehead atoms. The van der Waals surface area contributed by atoms with Crippen molar-refractivity contribution in [3.8, 4) is 50.9 Å². The third-order valence-electron chi connectivity index (χ3n) is 12.6. The number of anilines is 3. The average molecular weight is 755 g/mol. The van der Waals surface area contributed by atoms with Crippen molar-refractivity contribution in [1.82, 2.24) is 4.57 Å². The van der Waals surface area contributed by atoms with Gasteiger partial charge in [-0.05, 0) is 106 Å². The van der Waals surface area contributed by atoms with Crippen LogP contribution in [0.4, 0.5) is 17.1 Å². The number of nitrogens with zero attached hydrogens (tertiary/aromatic N) is 2. The maximum Gasteiger partial charge on any atom is 0.194 e. The van der Waals surface area contributed by atoms with E-state index in [-0.39, 0.29) is 0 Å². The molecule has 4 heteroatoms. The summed E-state index contributed by atoms with van der Waals surface area (Å²) in [6.07, 6.45) is 0. The van der Waals surface area contributed by atoms with Crippen molar-refractivity contribution in [2.75, 3.05) is 4.90 Å². The van der Waals surface area contributed by atoms with Crippen molar-refractivity contribution >= 4 is 38.9 Å². The van der Waals surface area contributed by atoms with Crippen LogP contribution in [0, 0.1) is 0 Å². The first-order valence-corrected chi connectivity index (χ1v) is 20.2. The van der Waals surface area contributed by atoms with Crippen molar-refractivity contribution in [3.63, 3.8) is 0 Å². The molecule has 3 aliphatic rings. The molecule has 0 fully saturated rings. The van der Waals surface area contributed by atoms with E-state index in [1.807, 2.05) is 6.07 Å². The minimum Gasteiger partial charge on any atom is -0.449 e. The van der Waals surface area contributed by atoms with Crippen LogP contribution in [0.15, 0.2) is 206 Å². The molecule has 0 unspecified atom stereocenters. The number of benzene rings is 9. The van der Waals surface area contributed by atoms with Crippen LogP contribution in [-0.2, 0) is 5.41 Å². The zero-order valence-electron chi connectivity index (χ0n) is 31.8. The van der Waals surface area contributed by atoms with Gasteiger partial charge in [-0.2, -0.15) is 0 Å². The maximum atomic E-state index is 7.36. The summed E-state index contributed by atoms with van der Waals surface area (Å²) in [5.74, 6) is 2.80. The molecule has 1 aromatic heterocycles. The van der Waals surface area contributed by atoms with Gasteiger partial charge in [-0.25, -0.2) is 0 Å². The lowest BCUT2D eigenvalue weighted by molar-refractivity contribution is 0.361. The van der Waals surface area contributed by atoms with Crippen LogP contribution in [0.3, 0.4) is 0 Å². The lowest BCUT2D eigenvalue weighted by Gasteiger charge is -2.32. The summed E-state index contributed by atoms with van der Waals surface area (Å²) in [6, 6.07) is 73.8. The van der Waals surface area contributed by atoms with Crippen LogP contribution in [-0.4, -0.2) is 4.57 Å². The van der Waals surface area contributed by atoms with Crippen LogP contribution < -0.4 is 14.4 Å². The van der Waals surface area contributed by atoms with Gasteiger partial charge in [0.1, 0.15) is 0 Å². The summed E-state index contributed by atoms with van der Waals surface area (Å²) >= 11 is 0. The SMILES string of the molecule is c1ccc(N(c2ccc3c(c2)c2ccccc2n3-c2ccccc2)c2cccc3c2Oc2c(ccc4c2-c2ccccc2C42c4ccccc4-c4ccccc42)O3)cc1. The Hall–Kier alpha value is -7.82. The first kappa shape index (κ1) is 32.3. The number of para-hydroxylation sites is 4. The highest BCUT2D eigenvalue weighted by atomic mass is 16.6. The molecule has 2 heterocycles. The van der Waals surface area contributed by atoms with Gasteiger partial charge in [-0.15, -0.1) is 0 Å². The Kier molecular flexibility index (Phi) is 6.62. The second-order valence-electron chi connectivity index (χ2n) is 15.6. The number of hydrogen-bond acceptors (Lipinski definition) is 3. The first-order valence-electron chi connectivity index (χ1n) is 20.2. The molecular weight excluding hydrogens is 721 g/mol. The third-order valence-corrected chi connectivity index (χ3v) is 12.6. The molecule has 276 valence electrons. The molecule has 13 rings (SSSR count). The minimum absolute atomic E-state index is 0.484. The van der Waals surface area contributed by atoms with E-state index in [2.05, 4.69) is 210 Å². The van der Waals surface area contributed by atoms with Crippen molar-refractivity contribution in [3.05, 3.63) is 229 Å². The monoisotopic (exact) mass is 754 g/mol. The molecule has 4 nitrogen and oxygen atoms in total. The van der Waals surface area contributed by atoms with Crippen molar-refractivity contribution < 1.29 is 9.47 Å². The fraction of sp³-hybridized carbons (Fsp3) is 0.0182. The molecule has 9 aromatic carbocycles. The van der Waals surface area contributed by atoms with Crippen LogP contribution in [0.2, 0.25) is 0 Å². The van der Waals surface area contributed by atoms with Gasteiger partial charge in [0.05, 0.1) is 22.1 Å². The Morgan fingerprint density at radius 1 is 0.390 bits per heavy atom. The Morgan fingerprint density at radius 3 is 1.76 bits per heavy atom. The number of fused-ring (bicyclic) bond motifs is 16. The molecule has 10 aromatic rings. The maximum absolute atomic E-state index is 7.36.